The molecule has 0 atom stereocenters. The zero-order valence-electron chi connectivity index (χ0n) is 10.1. The predicted molar refractivity (Wildman–Crippen MR) is 74.9 cm³/mol. The fourth-order valence-corrected chi connectivity index (χ4v) is 3.59. The molecule has 1 saturated carbocycles. The van der Waals surface area contributed by atoms with Crippen LogP contribution in [-0.2, 0) is 10.0 Å². The molecular formula is C12H16N2O2S2. The predicted octanol–water partition coefficient (Wildman–Crippen LogP) is 1.54. The first kappa shape index (κ1) is 13.5. The van der Waals surface area contributed by atoms with E-state index in [1.54, 1.807) is 12.1 Å². The maximum absolute atomic E-state index is 12.1. The van der Waals surface area contributed by atoms with Crippen LogP contribution in [0.2, 0.25) is 0 Å². The number of benzene rings is 1. The molecule has 18 heavy (non-hydrogen) atoms. The van der Waals surface area contributed by atoms with E-state index in [9.17, 15) is 8.42 Å². The first-order chi connectivity index (χ1) is 8.32. The van der Waals surface area contributed by atoms with Gasteiger partial charge in [-0.25, -0.2) is 13.1 Å². The van der Waals surface area contributed by atoms with Crippen molar-refractivity contribution in [3.63, 3.8) is 0 Å². The maximum atomic E-state index is 12.1. The van der Waals surface area contributed by atoms with Crippen LogP contribution in [0.25, 0.3) is 0 Å². The lowest BCUT2D eigenvalue weighted by atomic mass is 9.80. The fourth-order valence-electron chi connectivity index (χ4n) is 1.99. The van der Waals surface area contributed by atoms with Crippen LogP contribution in [0.1, 0.15) is 31.7 Å². The Hall–Kier alpha value is -0.980. The first-order valence-corrected chi connectivity index (χ1v) is 7.65. The quantitative estimate of drug-likeness (QED) is 0.823. The van der Waals surface area contributed by atoms with Crippen molar-refractivity contribution < 1.29 is 8.42 Å². The van der Waals surface area contributed by atoms with Gasteiger partial charge in [-0.15, -0.1) is 0 Å². The van der Waals surface area contributed by atoms with E-state index in [0.29, 0.717) is 5.56 Å². The molecule has 3 N–H and O–H groups in total. The van der Waals surface area contributed by atoms with Crippen molar-refractivity contribution in [1.29, 1.82) is 0 Å². The van der Waals surface area contributed by atoms with E-state index in [0.717, 1.165) is 19.3 Å². The molecule has 6 heteroatoms. The summed E-state index contributed by atoms with van der Waals surface area (Å²) in [5.74, 6) is 0. The highest BCUT2D eigenvalue weighted by Gasteiger charge is 2.36. The van der Waals surface area contributed by atoms with Crippen molar-refractivity contribution in [2.45, 2.75) is 36.6 Å². The summed E-state index contributed by atoms with van der Waals surface area (Å²) in [6, 6.07) is 6.30. The first-order valence-electron chi connectivity index (χ1n) is 5.76. The van der Waals surface area contributed by atoms with Gasteiger partial charge in [0.2, 0.25) is 10.0 Å². The minimum atomic E-state index is -3.46. The van der Waals surface area contributed by atoms with Crippen LogP contribution in [0, 0.1) is 0 Å². The van der Waals surface area contributed by atoms with Gasteiger partial charge in [0.25, 0.3) is 0 Å². The summed E-state index contributed by atoms with van der Waals surface area (Å²) in [5, 5.41) is 0. The second-order valence-corrected chi connectivity index (χ2v) is 7.03. The van der Waals surface area contributed by atoms with E-state index in [1.807, 2.05) is 6.92 Å². The molecule has 2 rings (SSSR count). The van der Waals surface area contributed by atoms with Gasteiger partial charge in [-0.3, -0.25) is 0 Å². The third kappa shape index (κ3) is 2.71. The Morgan fingerprint density at radius 1 is 1.33 bits per heavy atom. The van der Waals surface area contributed by atoms with E-state index in [4.69, 9.17) is 18.0 Å². The summed E-state index contributed by atoms with van der Waals surface area (Å²) in [5.41, 5.74) is 5.85. The Morgan fingerprint density at radius 2 is 1.89 bits per heavy atom. The van der Waals surface area contributed by atoms with Crippen LogP contribution in [-0.4, -0.2) is 18.9 Å². The molecule has 1 aliphatic rings. The highest BCUT2D eigenvalue weighted by Crippen LogP contribution is 2.32. The highest BCUT2D eigenvalue weighted by molar-refractivity contribution is 7.89. The Kier molecular flexibility index (Phi) is 3.44. The smallest absolute Gasteiger partial charge is 0.241 e. The van der Waals surface area contributed by atoms with Crippen LogP contribution in [0.4, 0.5) is 0 Å². The van der Waals surface area contributed by atoms with Gasteiger partial charge in [-0.1, -0.05) is 24.4 Å². The number of hydrogen-bond acceptors (Lipinski definition) is 3. The monoisotopic (exact) mass is 284 g/mol. The number of sulfonamides is 1. The van der Waals surface area contributed by atoms with Crippen molar-refractivity contribution >= 4 is 27.2 Å². The normalized spacial score (nSPS) is 18.1. The molecule has 1 aromatic carbocycles. The van der Waals surface area contributed by atoms with Gasteiger partial charge in [0.1, 0.15) is 4.99 Å². The van der Waals surface area contributed by atoms with Gasteiger partial charge in [0.05, 0.1) is 4.90 Å². The van der Waals surface area contributed by atoms with Gasteiger partial charge in [0, 0.05) is 11.1 Å². The lowest BCUT2D eigenvalue weighted by Gasteiger charge is -2.38. The summed E-state index contributed by atoms with van der Waals surface area (Å²) in [6.07, 6.45) is 2.84. The zero-order chi connectivity index (χ0) is 13.4. The minimum Gasteiger partial charge on any atom is -0.389 e. The standard InChI is InChI=1S/C12H16N2O2S2/c1-12(7-2-8-12)14-18(15,16)10-5-3-9(4-6-10)11(13)17/h3-6,14H,2,7-8H2,1H3,(H2,13,17). The zero-order valence-corrected chi connectivity index (χ0v) is 11.8. The molecule has 0 aliphatic heterocycles. The number of rotatable bonds is 4. The van der Waals surface area contributed by atoms with E-state index < -0.39 is 10.0 Å². The van der Waals surface area contributed by atoms with Crippen molar-refractivity contribution in [2.24, 2.45) is 5.73 Å². The van der Waals surface area contributed by atoms with Crippen LogP contribution in [0.15, 0.2) is 29.2 Å². The van der Waals surface area contributed by atoms with Crippen LogP contribution in [0.5, 0.6) is 0 Å². The minimum absolute atomic E-state index is 0.246. The van der Waals surface area contributed by atoms with Gasteiger partial charge in [-0.05, 0) is 38.3 Å². The molecule has 1 aromatic rings. The molecular weight excluding hydrogens is 268 g/mol. The molecule has 0 saturated heterocycles. The third-order valence-electron chi connectivity index (χ3n) is 3.29. The second kappa shape index (κ2) is 4.60. The van der Waals surface area contributed by atoms with Crippen molar-refractivity contribution in [1.82, 2.24) is 4.72 Å². The number of nitrogens with two attached hydrogens (primary N) is 1. The van der Waals surface area contributed by atoms with Crippen molar-refractivity contribution in [3.05, 3.63) is 29.8 Å². The molecule has 0 unspecified atom stereocenters. The molecule has 0 spiro atoms. The summed E-state index contributed by atoms with van der Waals surface area (Å²) in [6.45, 7) is 1.93. The third-order valence-corrected chi connectivity index (χ3v) is 5.18. The van der Waals surface area contributed by atoms with Gasteiger partial charge in [-0.2, -0.15) is 0 Å². The summed E-state index contributed by atoms with van der Waals surface area (Å²) in [7, 11) is -3.46. The molecule has 98 valence electrons. The molecule has 1 fully saturated rings. The molecule has 0 aromatic heterocycles. The lowest BCUT2D eigenvalue weighted by Crippen LogP contribution is -2.50. The molecule has 0 heterocycles. The van der Waals surface area contributed by atoms with Crippen LogP contribution >= 0.6 is 12.2 Å². The Bertz CT molecular complexity index is 560. The SMILES string of the molecule is CC1(NS(=O)(=O)c2ccc(C(N)=S)cc2)CCC1. The van der Waals surface area contributed by atoms with Crippen LogP contribution < -0.4 is 10.5 Å². The van der Waals surface area contributed by atoms with Gasteiger partial charge < -0.3 is 5.73 Å². The maximum Gasteiger partial charge on any atom is 0.241 e. The average Bonchev–Trinajstić information content (AvgIpc) is 2.26. The van der Waals surface area contributed by atoms with E-state index in [1.165, 1.54) is 12.1 Å². The molecule has 0 amide bonds. The summed E-state index contributed by atoms with van der Waals surface area (Å²) in [4.78, 5) is 0.508. The molecule has 0 bridgehead atoms. The van der Waals surface area contributed by atoms with Crippen LogP contribution in [0.3, 0.4) is 0 Å². The largest absolute Gasteiger partial charge is 0.389 e. The second-order valence-electron chi connectivity index (χ2n) is 4.91. The Morgan fingerprint density at radius 3 is 2.28 bits per heavy atom. The Balaban J connectivity index is 2.22. The van der Waals surface area contributed by atoms with E-state index >= 15 is 0 Å². The fraction of sp³-hybridized carbons (Fsp3) is 0.417. The van der Waals surface area contributed by atoms with E-state index in [2.05, 4.69) is 4.72 Å². The molecule has 0 radical (unpaired) electrons. The Labute approximate surface area is 113 Å². The average molecular weight is 284 g/mol. The number of nitrogens with one attached hydrogen (secondary N) is 1. The van der Waals surface area contributed by atoms with Crippen molar-refractivity contribution in [3.8, 4) is 0 Å². The topological polar surface area (TPSA) is 72.2 Å². The summed E-state index contributed by atoms with van der Waals surface area (Å²) >= 11 is 4.83. The number of thiocarbonyl (C=S) groups is 1. The van der Waals surface area contributed by atoms with E-state index in [-0.39, 0.29) is 15.4 Å². The van der Waals surface area contributed by atoms with Crippen molar-refractivity contribution in [2.75, 3.05) is 0 Å². The van der Waals surface area contributed by atoms with Gasteiger partial charge >= 0.3 is 0 Å². The number of hydrogen-bond donors (Lipinski definition) is 2. The van der Waals surface area contributed by atoms with Gasteiger partial charge in [0.15, 0.2) is 0 Å². The molecule has 4 nitrogen and oxygen atoms in total. The summed E-state index contributed by atoms with van der Waals surface area (Å²) < 4.78 is 27.0. The highest BCUT2D eigenvalue weighted by atomic mass is 32.2. The lowest BCUT2D eigenvalue weighted by molar-refractivity contribution is 0.248. The molecule has 1 aliphatic carbocycles.